The van der Waals surface area contributed by atoms with Crippen LogP contribution in [-0.2, 0) is 7.05 Å². The minimum Gasteiger partial charge on any atom is -0.347 e. The van der Waals surface area contributed by atoms with Gasteiger partial charge in [0.2, 0.25) is 5.89 Å². The highest BCUT2D eigenvalue weighted by atomic mass is 16.5. The summed E-state index contributed by atoms with van der Waals surface area (Å²) in [4.78, 5) is 18.8. The molecule has 1 amide bonds. The molecule has 6 nitrogen and oxygen atoms in total. The van der Waals surface area contributed by atoms with E-state index >= 15 is 0 Å². The van der Waals surface area contributed by atoms with Crippen molar-refractivity contribution in [2.75, 3.05) is 6.54 Å². The lowest BCUT2D eigenvalue weighted by molar-refractivity contribution is 0.0551. The SMILES string of the molecule is Cc1noc(C2CCCCN2C(=O)c2cccn2C)n1. The maximum Gasteiger partial charge on any atom is 0.271 e. The number of aromatic nitrogens is 3. The van der Waals surface area contributed by atoms with Gasteiger partial charge in [0.15, 0.2) is 5.82 Å². The molecule has 2 aromatic rings. The summed E-state index contributed by atoms with van der Waals surface area (Å²) in [6.07, 6.45) is 4.84. The van der Waals surface area contributed by atoms with Crippen molar-refractivity contribution in [1.82, 2.24) is 19.6 Å². The smallest absolute Gasteiger partial charge is 0.271 e. The number of aryl methyl sites for hydroxylation is 2. The number of hydrogen-bond donors (Lipinski definition) is 0. The zero-order valence-corrected chi connectivity index (χ0v) is 11.7. The summed E-state index contributed by atoms with van der Waals surface area (Å²) in [5.41, 5.74) is 0.688. The van der Waals surface area contributed by atoms with Crippen molar-refractivity contribution >= 4 is 5.91 Å². The van der Waals surface area contributed by atoms with Gasteiger partial charge in [-0.3, -0.25) is 4.79 Å². The molecule has 0 saturated carbocycles. The zero-order chi connectivity index (χ0) is 14.1. The number of piperidine rings is 1. The predicted molar refractivity (Wildman–Crippen MR) is 72.1 cm³/mol. The molecule has 6 heteroatoms. The number of carbonyl (C=O) groups is 1. The lowest BCUT2D eigenvalue weighted by Crippen LogP contribution is -2.39. The van der Waals surface area contributed by atoms with Crippen molar-refractivity contribution in [2.45, 2.75) is 32.2 Å². The molecule has 3 heterocycles. The molecule has 106 valence electrons. The lowest BCUT2D eigenvalue weighted by Gasteiger charge is -2.33. The van der Waals surface area contributed by atoms with E-state index in [-0.39, 0.29) is 11.9 Å². The standard InChI is InChI=1S/C14H18N4O2/c1-10-15-13(20-16-10)11-6-3-4-9-18(11)14(19)12-7-5-8-17(12)2/h5,7-8,11H,3-4,6,9H2,1-2H3. The van der Waals surface area contributed by atoms with E-state index in [1.54, 1.807) is 6.92 Å². The number of rotatable bonds is 2. The third kappa shape index (κ3) is 2.21. The highest BCUT2D eigenvalue weighted by Gasteiger charge is 2.33. The van der Waals surface area contributed by atoms with Crippen LogP contribution in [0.25, 0.3) is 0 Å². The van der Waals surface area contributed by atoms with Gasteiger partial charge in [0.25, 0.3) is 5.91 Å². The van der Waals surface area contributed by atoms with Crippen molar-refractivity contribution < 1.29 is 9.32 Å². The van der Waals surface area contributed by atoms with Crippen LogP contribution in [-0.4, -0.2) is 32.1 Å². The minimum atomic E-state index is -0.104. The number of hydrogen-bond acceptors (Lipinski definition) is 4. The first-order valence-corrected chi connectivity index (χ1v) is 6.89. The van der Waals surface area contributed by atoms with Crippen LogP contribution in [0.5, 0.6) is 0 Å². The van der Waals surface area contributed by atoms with Crippen LogP contribution in [0.3, 0.4) is 0 Å². The van der Waals surface area contributed by atoms with Gasteiger partial charge >= 0.3 is 0 Å². The summed E-state index contributed by atoms with van der Waals surface area (Å²) < 4.78 is 7.11. The first kappa shape index (κ1) is 12.9. The number of nitrogens with zero attached hydrogens (tertiary/aromatic N) is 4. The van der Waals surface area contributed by atoms with Gasteiger partial charge in [-0.25, -0.2) is 0 Å². The third-order valence-electron chi connectivity index (χ3n) is 3.75. The summed E-state index contributed by atoms with van der Waals surface area (Å²) in [7, 11) is 1.88. The van der Waals surface area contributed by atoms with Crippen LogP contribution in [0.4, 0.5) is 0 Å². The molecule has 1 fully saturated rings. The Morgan fingerprint density at radius 2 is 2.30 bits per heavy atom. The topological polar surface area (TPSA) is 64.2 Å². The number of carbonyl (C=O) groups excluding carboxylic acids is 1. The zero-order valence-electron chi connectivity index (χ0n) is 11.7. The van der Waals surface area contributed by atoms with Crippen molar-refractivity contribution in [3.8, 4) is 0 Å². The van der Waals surface area contributed by atoms with Gasteiger partial charge in [-0.2, -0.15) is 4.98 Å². The van der Waals surface area contributed by atoms with E-state index in [0.717, 1.165) is 25.8 Å². The molecule has 1 saturated heterocycles. The van der Waals surface area contributed by atoms with Crippen molar-refractivity contribution in [3.63, 3.8) is 0 Å². The molecule has 2 aromatic heterocycles. The highest BCUT2D eigenvalue weighted by Crippen LogP contribution is 2.31. The van der Waals surface area contributed by atoms with E-state index in [1.165, 1.54) is 0 Å². The van der Waals surface area contributed by atoms with Gasteiger partial charge in [-0.15, -0.1) is 0 Å². The molecule has 0 aromatic carbocycles. The Bertz CT molecular complexity index is 616. The number of likely N-dealkylation sites (tertiary alicyclic amines) is 1. The third-order valence-corrected chi connectivity index (χ3v) is 3.75. The van der Waals surface area contributed by atoms with Gasteiger partial charge in [0, 0.05) is 19.8 Å². The summed E-state index contributed by atoms with van der Waals surface area (Å²) in [5, 5.41) is 3.84. The Labute approximate surface area is 117 Å². The largest absolute Gasteiger partial charge is 0.347 e. The van der Waals surface area contributed by atoms with Crippen LogP contribution in [0.15, 0.2) is 22.9 Å². The van der Waals surface area contributed by atoms with E-state index < -0.39 is 0 Å². The highest BCUT2D eigenvalue weighted by molar-refractivity contribution is 5.93. The quantitative estimate of drug-likeness (QED) is 0.841. The second-order valence-corrected chi connectivity index (χ2v) is 5.19. The monoisotopic (exact) mass is 274 g/mol. The molecule has 3 rings (SSSR count). The van der Waals surface area contributed by atoms with Crippen LogP contribution < -0.4 is 0 Å². The summed E-state index contributed by atoms with van der Waals surface area (Å²) >= 11 is 0. The van der Waals surface area contributed by atoms with E-state index in [9.17, 15) is 4.79 Å². The summed E-state index contributed by atoms with van der Waals surface area (Å²) in [6.45, 7) is 2.52. The van der Waals surface area contributed by atoms with E-state index in [1.807, 2.05) is 34.8 Å². The van der Waals surface area contributed by atoms with Crippen LogP contribution in [0.2, 0.25) is 0 Å². The predicted octanol–water partition coefficient (Wildman–Crippen LogP) is 2.08. The first-order valence-electron chi connectivity index (χ1n) is 6.89. The Hall–Kier alpha value is -2.11. The molecule has 0 spiro atoms. The normalized spacial score (nSPS) is 19.3. The average molecular weight is 274 g/mol. The average Bonchev–Trinajstić information content (AvgIpc) is 3.07. The Kier molecular flexibility index (Phi) is 3.30. The molecular formula is C14H18N4O2. The van der Waals surface area contributed by atoms with Gasteiger partial charge in [0.05, 0.1) is 0 Å². The van der Waals surface area contributed by atoms with E-state index in [0.29, 0.717) is 17.4 Å². The van der Waals surface area contributed by atoms with Gasteiger partial charge < -0.3 is 14.0 Å². The molecule has 20 heavy (non-hydrogen) atoms. The minimum absolute atomic E-state index is 0.0260. The van der Waals surface area contributed by atoms with Gasteiger partial charge in [-0.1, -0.05) is 5.16 Å². The molecule has 1 unspecified atom stereocenters. The maximum atomic E-state index is 12.7. The fraction of sp³-hybridized carbons (Fsp3) is 0.500. The molecule has 1 aliphatic rings. The summed E-state index contributed by atoms with van der Waals surface area (Å²) in [5.74, 6) is 1.18. The Balaban J connectivity index is 1.89. The van der Waals surface area contributed by atoms with Gasteiger partial charge in [-0.05, 0) is 38.3 Å². The van der Waals surface area contributed by atoms with Crippen LogP contribution in [0.1, 0.15) is 47.5 Å². The van der Waals surface area contributed by atoms with Crippen molar-refractivity contribution in [1.29, 1.82) is 0 Å². The molecule has 1 aliphatic heterocycles. The van der Waals surface area contributed by atoms with Gasteiger partial charge in [0.1, 0.15) is 11.7 Å². The van der Waals surface area contributed by atoms with Crippen LogP contribution in [0, 0.1) is 6.92 Å². The second-order valence-electron chi connectivity index (χ2n) is 5.19. The van der Waals surface area contributed by atoms with Crippen molar-refractivity contribution in [3.05, 3.63) is 35.7 Å². The molecular weight excluding hydrogens is 256 g/mol. The summed E-state index contributed by atoms with van der Waals surface area (Å²) in [6, 6.07) is 3.61. The number of amides is 1. The fourth-order valence-corrected chi connectivity index (χ4v) is 2.71. The van der Waals surface area contributed by atoms with Crippen LogP contribution >= 0.6 is 0 Å². The van der Waals surface area contributed by atoms with E-state index in [4.69, 9.17) is 4.52 Å². The molecule has 0 bridgehead atoms. The molecule has 0 radical (unpaired) electrons. The van der Waals surface area contributed by atoms with E-state index in [2.05, 4.69) is 10.1 Å². The lowest BCUT2D eigenvalue weighted by atomic mass is 10.0. The second kappa shape index (κ2) is 5.11. The first-order chi connectivity index (χ1) is 9.66. The molecule has 1 atom stereocenters. The maximum absolute atomic E-state index is 12.7. The Morgan fingerprint density at radius 3 is 2.95 bits per heavy atom. The molecule has 0 N–H and O–H groups in total. The molecule has 0 aliphatic carbocycles. The fourth-order valence-electron chi connectivity index (χ4n) is 2.71. The van der Waals surface area contributed by atoms with Crippen molar-refractivity contribution in [2.24, 2.45) is 7.05 Å². The Morgan fingerprint density at radius 1 is 1.45 bits per heavy atom.